The minimum atomic E-state index is -0.129. The van der Waals surface area contributed by atoms with Crippen LogP contribution in [0.5, 0.6) is 0 Å². The molecule has 0 unspecified atom stereocenters. The maximum Gasteiger partial charge on any atom is 0.344 e. The van der Waals surface area contributed by atoms with Crippen molar-refractivity contribution in [1.82, 2.24) is 14.8 Å². The average molecular weight is 272 g/mol. The molecule has 1 fully saturated rings. The minimum Gasteiger partial charge on any atom is -0.267 e. The first-order valence-electron chi connectivity index (χ1n) is 6.06. The van der Waals surface area contributed by atoms with Crippen molar-refractivity contribution in [2.45, 2.75) is 29.8 Å². The van der Waals surface area contributed by atoms with Crippen molar-refractivity contribution < 1.29 is 0 Å². The van der Waals surface area contributed by atoms with Crippen LogP contribution >= 0.6 is 11.8 Å². The van der Waals surface area contributed by atoms with Crippen LogP contribution in [0.1, 0.15) is 30.0 Å². The van der Waals surface area contributed by atoms with Crippen LogP contribution in [-0.2, 0) is 5.75 Å². The number of aromatic nitrogens is 3. The minimum absolute atomic E-state index is 0.129. The molecular formula is C13H12N4OS. The van der Waals surface area contributed by atoms with E-state index in [-0.39, 0.29) is 5.69 Å². The number of rotatable bonds is 4. The van der Waals surface area contributed by atoms with Gasteiger partial charge in [-0.3, -0.25) is 4.57 Å². The number of nitrogens with one attached hydrogen (secondary N) is 1. The second kappa shape index (κ2) is 4.94. The quantitative estimate of drug-likeness (QED) is 0.865. The van der Waals surface area contributed by atoms with Crippen LogP contribution in [0.4, 0.5) is 0 Å². The molecule has 96 valence electrons. The van der Waals surface area contributed by atoms with Gasteiger partial charge in [-0.15, -0.1) is 5.10 Å². The van der Waals surface area contributed by atoms with Crippen LogP contribution in [0, 0.1) is 11.3 Å². The smallest absolute Gasteiger partial charge is 0.267 e. The van der Waals surface area contributed by atoms with Crippen LogP contribution in [0.2, 0.25) is 0 Å². The molecule has 0 amide bonds. The van der Waals surface area contributed by atoms with E-state index in [0.717, 1.165) is 23.6 Å². The summed E-state index contributed by atoms with van der Waals surface area (Å²) >= 11 is 1.52. The summed E-state index contributed by atoms with van der Waals surface area (Å²) in [5.74, 6) is 0.701. The lowest BCUT2D eigenvalue weighted by Gasteiger charge is -2.03. The van der Waals surface area contributed by atoms with E-state index in [1.54, 1.807) is 10.6 Å². The third-order valence-corrected chi connectivity index (χ3v) is 4.03. The van der Waals surface area contributed by atoms with E-state index in [4.69, 9.17) is 5.26 Å². The lowest BCUT2D eigenvalue weighted by Crippen LogP contribution is -2.16. The van der Waals surface area contributed by atoms with Crippen molar-refractivity contribution in [2.24, 2.45) is 0 Å². The number of aromatic amines is 1. The number of nitrogens with zero attached hydrogens (tertiary/aromatic N) is 3. The average Bonchev–Trinajstić information content (AvgIpc) is 3.20. The molecule has 1 aliphatic carbocycles. The van der Waals surface area contributed by atoms with E-state index in [9.17, 15) is 4.79 Å². The van der Waals surface area contributed by atoms with Crippen molar-refractivity contribution in [1.29, 1.82) is 5.26 Å². The Balaban J connectivity index is 1.76. The van der Waals surface area contributed by atoms with Gasteiger partial charge in [0.15, 0.2) is 5.16 Å². The van der Waals surface area contributed by atoms with E-state index < -0.39 is 0 Å². The normalized spacial score (nSPS) is 14.3. The van der Waals surface area contributed by atoms with Gasteiger partial charge in [-0.25, -0.2) is 9.89 Å². The molecule has 5 nitrogen and oxygen atoms in total. The van der Waals surface area contributed by atoms with E-state index in [2.05, 4.69) is 16.3 Å². The number of thioether (sulfide) groups is 1. The molecule has 1 aliphatic rings. The molecule has 6 heteroatoms. The fourth-order valence-electron chi connectivity index (χ4n) is 1.93. The van der Waals surface area contributed by atoms with Gasteiger partial charge in [0.2, 0.25) is 0 Å². The molecule has 3 rings (SSSR count). The molecule has 0 aliphatic heterocycles. The van der Waals surface area contributed by atoms with Gasteiger partial charge in [0.1, 0.15) is 0 Å². The molecule has 1 N–H and O–H groups in total. The summed E-state index contributed by atoms with van der Waals surface area (Å²) in [5, 5.41) is 16.1. The van der Waals surface area contributed by atoms with Crippen molar-refractivity contribution in [2.75, 3.05) is 0 Å². The Hall–Kier alpha value is -2.00. The predicted octanol–water partition coefficient (Wildman–Crippen LogP) is 2.07. The molecule has 0 spiro atoms. The van der Waals surface area contributed by atoms with Crippen LogP contribution in [-0.4, -0.2) is 14.8 Å². The molecule has 1 aromatic carbocycles. The third-order valence-electron chi connectivity index (χ3n) is 3.01. The van der Waals surface area contributed by atoms with E-state index >= 15 is 0 Å². The Labute approximate surface area is 114 Å². The number of hydrogen-bond acceptors (Lipinski definition) is 4. The Morgan fingerprint density at radius 2 is 2.37 bits per heavy atom. The highest BCUT2D eigenvalue weighted by Gasteiger charge is 2.28. The van der Waals surface area contributed by atoms with Gasteiger partial charge in [0, 0.05) is 11.8 Å². The highest BCUT2D eigenvalue weighted by atomic mass is 32.2. The van der Waals surface area contributed by atoms with Crippen LogP contribution in [0.3, 0.4) is 0 Å². The van der Waals surface area contributed by atoms with Gasteiger partial charge >= 0.3 is 5.69 Å². The Morgan fingerprint density at radius 3 is 3.11 bits per heavy atom. The highest BCUT2D eigenvalue weighted by Crippen LogP contribution is 2.36. The number of H-pyrrole nitrogens is 1. The highest BCUT2D eigenvalue weighted by molar-refractivity contribution is 7.98. The Kier molecular flexibility index (Phi) is 3.13. The first kappa shape index (κ1) is 12.1. The summed E-state index contributed by atoms with van der Waals surface area (Å²) in [5.41, 5.74) is 1.58. The molecule has 0 saturated heterocycles. The Bertz CT molecular complexity index is 693. The molecule has 1 heterocycles. The van der Waals surface area contributed by atoms with E-state index in [1.807, 2.05) is 18.2 Å². The maximum atomic E-state index is 11.6. The van der Waals surface area contributed by atoms with Crippen molar-refractivity contribution in [3.05, 3.63) is 45.9 Å². The van der Waals surface area contributed by atoms with Crippen molar-refractivity contribution >= 4 is 11.8 Å². The summed E-state index contributed by atoms with van der Waals surface area (Å²) in [4.78, 5) is 11.6. The largest absolute Gasteiger partial charge is 0.344 e. The van der Waals surface area contributed by atoms with Crippen molar-refractivity contribution in [3.63, 3.8) is 0 Å². The second-order valence-electron chi connectivity index (χ2n) is 4.51. The lowest BCUT2D eigenvalue weighted by atomic mass is 10.2. The lowest BCUT2D eigenvalue weighted by molar-refractivity contribution is 0.642. The van der Waals surface area contributed by atoms with Crippen LogP contribution < -0.4 is 5.69 Å². The van der Waals surface area contributed by atoms with Gasteiger partial charge < -0.3 is 0 Å². The number of nitriles is 1. The van der Waals surface area contributed by atoms with Crippen LogP contribution in [0.15, 0.2) is 34.2 Å². The molecule has 1 saturated carbocycles. The van der Waals surface area contributed by atoms with Crippen molar-refractivity contribution in [3.8, 4) is 6.07 Å². The molecule has 19 heavy (non-hydrogen) atoms. The number of benzene rings is 1. The zero-order chi connectivity index (χ0) is 13.2. The summed E-state index contributed by atoms with van der Waals surface area (Å²) in [6, 6.07) is 9.92. The summed E-state index contributed by atoms with van der Waals surface area (Å²) < 4.78 is 1.73. The summed E-state index contributed by atoms with van der Waals surface area (Å²) in [6.45, 7) is 0. The Morgan fingerprint density at radius 1 is 1.53 bits per heavy atom. The van der Waals surface area contributed by atoms with E-state index in [1.165, 1.54) is 11.8 Å². The SMILES string of the molecule is N#Cc1cccc(CSc2n[nH]c(=O)n2C2CC2)c1. The van der Waals surface area contributed by atoms with Gasteiger partial charge in [0.05, 0.1) is 11.6 Å². The van der Waals surface area contributed by atoms with E-state index in [0.29, 0.717) is 17.4 Å². The fourth-order valence-corrected chi connectivity index (χ4v) is 2.88. The monoisotopic (exact) mass is 272 g/mol. The van der Waals surface area contributed by atoms with Gasteiger partial charge in [-0.05, 0) is 30.5 Å². The number of hydrogen-bond donors (Lipinski definition) is 1. The van der Waals surface area contributed by atoms with Gasteiger partial charge in [0.25, 0.3) is 0 Å². The predicted molar refractivity (Wildman–Crippen MR) is 71.8 cm³/mol. The molecule has 0 bridgehead atoms. The first-order chi connectivity index (χ1) is 9.28. The third kappa shape index (κ3) is 2.56. The van der Waals surface area contributed by atoms with Gasteiger partial charge in [-0.2, -0.15) is 5.26 Å². The standard InChI is InChI=1S/C13H12N4OS/c14-7-9-2-1-3-10(6-9)8-19-13-16-15-12(18)17(13)11-4-5-11/h1-3,6,11H,4-5,8H2,(H,15,18). The topological polar surface area (TPSA) is 74.5 Å². The zero-order valence-electron chi connectivity index (χ0n) is 10.2. The first-order valence-corrected chi connectivity index (χ1v) is 7.05. The summed E-state index contributed by atoms with van der Waals surface area (Å²) in [7, 11) is 0. The van der Waals surface area contributed by atoms with Gasteiger partial charge in [-0.1, -0.05) is 23.9 Å². The molecule has 0 radical (unpaired) electrons. The molecule has 0 atom stereocenters. The zero-order valence-corrected chi connectivity index (χ0v) is 11.0. The molecule has 1 aromatic heterocycles. The maximum absolute atomic E-state index is 11.6. The molecule has 2 aromatic rings. The fraction of sp³-hybridized carbons (Fsp3) is 0.308. The molecular weight excluding hydrogens is 260 g/mol. The van der Waals surface area contributed by atoms with Crippen LogP contribution in [0.25, 0.3) is 0 Å². The second-order valence-corrected chi connectivity index (χ2v) is 5.46. The summed E-state index contributed by atoms with van der Waals surface area (Å²) in [6.07, 6.45) is 2.10.